The van der Waals surface area contributed by atoms with Crippen LogP contribution in [0.3, 0.4) is 0 Å². The highest BCUT2D eigenvalue weighted by Gasteiger charge is 2.78. The second-order valence-electron chi connectivity index (χ2n) is 4.31. The number of halogens is 8. The fraction of sp³-hybridized carbons (Fsp3) is 1.00. The molecule has 9 heteroatoms. The van der Waals surface area contributed by atoms with E-state index in [0.717, 1.165) is 6.92 Å². The molecular weight excluding hydrogens is 309 g/mol. The van der Waals surface area contributed by atoms with Gasteiger partial charge in [-0.2, -0.15) is 8.78 Å². The first-order chi connectivity index (χ1) is 7.72. The maximum Gasteiger partial charge on any atom is 0.338 e. The van der Waals surface area contributed by atoms with Gasteiger partial charge in [-0.15, -0.1) is 0 Å². The van der Waals surface area contributed by atoms with Crippen molar-refractivity contribution >= 4 is 23.2 Å². The monoisotopic (exact) mass is 318 g/mol. The van der Waals surface area contributed by atoms with Gasteiger partial charge in [0.15, 0.2) is 5.67 Å². The van der Waals surface area contributed by atoms with Crippen LogP contribution >= 0.6 is 23.2 Å². The molecule has 1 heterocycles. The van der Waals surface area contributed by atoms with Gasteiger partial charge in [0.05, 0.1) is 6.42 Å². The normalized spacial score (nSPS) is 39.7. The summed E-state index contributed by atoms with van der Waals surface area (Å²) in [6.07, 6.45) is -2.82. The Morgan fingerprint density at radius 3 is 1.94 bits per heavy atom. The standard InChI is InChI=1S/C9H10Cl2F6O/c1-3-6(14)4-7(15,5(2,12)13)18-9(10,11)8(6,16)17/h3-4H2,1-2H3. The van der Waals surface area contributed by atoms with E-state index in [2.05, 4.69) is 4.74 Å². The van der Waals surface area contributed by atoms with Crippen LogP contribution in [0.15, 0.2) is 0 Å². The average molecular weight is 319 g/mol. The fourth-order valence-corrected chi connectivity index (χ4v) is 2.21. The van der Waals surface area contributed by atoms with Gasteiger partial charge in [-0.1, -0.05) is 30.1 Å². The molecule has 1 aliphatic rings. The van der Waals surface area contributed by atoms with Crippen LogP contribution in [0.4, 0.5) is 26.3 Å². The minimum atomic E-state index is -4.53. The SMILES string of the molecule is CCC1(F)CC(F)(C(C)(F)F)OC(Cl)(Cl)C1(F)F. The average Bonchev–Trinajstić information content (AvgIpc) is 2.12. The second kappa shape index (κ2) is 4.06. The van der Waals surface area contributed by atoms with Gasteiger partial charge in [0, 0.05) is 6.92 Å². The molecule has 0 bridgehead atoms. The molecule has 18 heavy (non-hydrogen) atoms. The third-order valence-corrected chi connectivity index (χ3v) is 3.57. The lowest BCUT2D eigenvalue weighted by atomic mass is 9.83. The number of alkyl halides is 8. The molecule has 0 radical (unpaired) electrons. The largest absolute Gasteiger partial charge is 0.338 e. The molecule has 0 aliphatic carbocycles. The van der Waals surface area contributed by atoms with Crippen molar-refractivity contribution in [3.63, 3.8) is 0 Å². The maximum atomic E-state index is 14.0. The molecule has 1 nitrogen and oxygen atoms in total. The van der Waals surface area contributed by atoms with Crippen LogP contribution in [-0.4, -0.2) is 27.9 Å². The highest BCUT2D eigenvalue weighted by atomic mass is 35.5. The molecule has 1 saturated heterocycles. The minimum absolute atomic E-state index is 0.0659. The van der Waals surface area contributed by atoms with Crippen molar-refractivity contribution < 1.29 is 31.1 Å². The minimum Gasteiger partial charge on any atom is -0.299 e. The summed E-state index contributed by atoms with van der Waals surface area (Å²) in [7, 11) is 0. The Labute approximate surface area is 109 Å². The van der Waals surface area contributed by atoms with E-state index < -0.39 is 40.7 Å². The quantitative estimate of drug-likeness (QED) is 0.533. The fourth-order valence-electron chi connectivity index (χ4n) is 1.63. The van der Waals surface area contributed by atoms with E-state index in [0.29, 0.717) is 0 Å². The van der Waals surface area contributed by atoms with Crippen molar-refractivity contribution in [1.29, 1.82) is 0 Å². The lowest BCUT2D eigenvalue weighted by Gasteiger charge is -2.50. The summed E-state index contributed by atoms with van der Waals surface area (Å²) in [5, 5.41) is 0. The third-order valence-electron chi connectivity index (χ3n) is 2.94. The Morgan fingerprint density at radius 1 is 1.17 bits per heavy atom. The molecule has 0 N–H and O–H groups in total. The van der Waals surface area contributed by atoms with Gasteiger partial charge < -0.3 is 0 Å². The van der Waals surface area contributed by atoms with Gasteiger partial charge in [-0.25, -0.2) is 17.6 Å². The van der Waals surface area contributed by atoms with Crippen molar-refractivity contribution in [2.45, 2.75) is 54.6 Å². The molecule has 2 unspecified atom stereocenters. The topological polar surface area (TPSA) is 9.23 Å². The summed E-state index contributed by atoms with van der Waals surface area (Å²) in [4.78, 5) is 0. The van der Waals surface area contributed by atoms with Crippen molar-refractivity contribution in [2.24, 2.45) is 0 Å². The van der Waals surface area contributed by atoms with Crippen LogP contribution in [0.25, 0.3) is 0 Å². The van der Waals surface area contributed by atoms with Crippen molar-refractivity contribution in [3.05, 3.63) is 0 Å². The van der Waals surface area contributed by atoms with Crippen LogP contribution in [0.2, 0.25) is 0 Å². The van der Waals surface area contributed by atoms with E-state index in [9.17, 15) is 26.3 Å². The molecule has 1 fully saturated rings. The molecule has 0 amide bonds. The van der Waals surface area contributed by atoms with E-state index in [1.165, 1.54) is 0 Å². The van der Waals surface area contributed by atoms with Crippen LogP contribution in [0.5, 0.6) is 0 Å². The molecule has 1 rings (SSSR count). The van der Waals surface area contributed by atoms with Crippen LogP contribution in [-0.2, 0) is 4.74 Å². The summed E-state index contributed by atoms with van der Waals surface area (Å²) in [6, 6.07) is 0. The summed E-state index contributed by atoms with van der Waals surface area (Å²) in [5.74, 6) is -12.8. The van der Waals surface area contributed by atoms with E-state index in [4.69, 9.17) is 23.2 Å². The summed E-state index contributed by atoms with van der Waals surface area (Å²) >= 11 is 9.99. The van der Waals surface area contributed by atoms with Gasteiger partial charge in [-0.3, -0.25) is 4.74 Å². The smallest absolute Gasteiger partial charge is 0.299 e. The van der Waals surface area contributed by atoms with Gasteiger partial charge in [-0.05, 0) is 6.42 Å². The maximum absolute atomic E-state index is 14.0. The Bertz CT molecular complexity index is 342. The number of ether oxygens (including phenoxy) is 1. The van der Waals surface area contributed by atoms with Crippen molar-refractivity contribution in [3.8, 4) is 0 Å². The van der Waals surface area contributed by atoms with Crippen LogP contribution < -0.4 is 0 Å². The zero-order valence-electron chi connectivity index (χ0n) is 9.35. The predicted octanol–water partition coefficient (Wildman–Crippen LogP) is 4.61. The Morgan fingerprint density at radius 2 is 1.61 bits per heavy atom. The molecule has 0 aromatic carbocycles. The highest BCUT2D eigenvalue weighted by molar-refractivity contribution is 6.48. The summed E-state index contributed by atoms with van der Waals surface area (Å²) in [5.41, 5.74) is -3.64. The Balaban J connectivity index is 3.32. The molecule has 0 aromatic rings. The van der Waals surface area contributed by atoms with Crippen molar-refractivity contribution in [1.82, 2.24) is 0 Å². The third kappa shape index (κ3) is 2.08. The molecule has 2 atom stereocenters. The number of hydrogen-bond donors (Lipinski definition) is 0. The molecular formula is C9H10Cl2F6O. The lowest BCUT2D eigenvalue weighted by Crippen LogP contribution is -2.68. The molecule has 0 aromatic heterocycles. The lowest BCUT2D eigenvalue weighted by molar-refractivity contribution is -0.376. The molecule has 0 spiro atoms. The number of hydrogen-bond acceptors (Lipinski definition) is 1. The summed E-state index contributed by atoms with van der Waals surface area (Å²) in [6.45, 7) is 1.01. The zero-order chi connectivity index (χ0) is 14.6. The van der Waals surface area contributed by atoms with Gasteiger partial charge in [0.25, 0.3) is 10.4 Å². The molecule has 1 aliphatic heterocycles. The highest BCUT2D eigenvalue weighted by Crippen LogP contribution is 2.61. The first kappa shape index (κ1) is 16.2. The van der Waals surface area contributed by atoms with Crippen molar-refractivity contribution in [2.75, 3.05) is 0 Å². The van der Waals surface area contributed by atoms with E-state index in [1.54, 1.807) is 0 Å². The van der Waals surface area contributed by atoms with E-state index in [1.807, 2.05) is 0 Å². The first-order valence-corrected chi connectivity index (χ1v) is 5.69. The Hall–Kier alpha value is 0.120. The van der Waals surface area contributed by atoms with Crippen LogP contribution in [0, 0.1) is 0 Å². The van der Waals surface area contributed by atoms with E-state index in [-0.39, 0.29) is 6.92 Å². The van der Waals surface area contributed by atoms with Gasteiger partial charge in [0.2, 0.25) is 0 Å². The predicted molar refractivity (Wildman–Crippen MR) is 53.7 cm³/mol. The summed E-state index contributed by atoms with van der Waals surface area (Å²) < 4.78 is 81.2. The molecule has 108 valence electrons. The zero-order valence-corrected chi connectivity index (χ0v) is 10.9. The Kier molecular flexibility index (Phi) is 3.64. The van der Waals surface area contributed by atoms with Crippen LogP contribution in [0.1, 0.15) is 26.7 Å². The van der Waals surface area contributed by atoms with Gasteiger partial charge in [0.1, 0.15) is 0 Å². The molecule has 0 saturated carbocycles. The van der Waals surface area contributed by atoms with E-state index >= 15 is 0 Å². The number of rotatable bonds is 2. The van der Waals surface area contributed by atoms with Gasteiger partial charge >= 0.3 is 11.8 Å². The first-order valence-electron chi connectivity index (χ1n) is 4.94. The second-order valence-corrected chi connectivity index (χ2v) is 5.56.